The van der Waals surface area contributed by atoms with E-state index < -0.39 is 0 Å². The van der Waals surface area contributed by atoms with Gasteiger partial charge in [-0.2, -0.15) is 0 Å². The van der Waals surface area contributed by atoms with Crippen molar-refractivity contribution in [3.63, 3.8) is 0 Å². The van der Waals surface area contributed by atoms with Gasteiger partial charge in [0, 0.05) is 13.1 Å². The van der Waals surface area contributed by atoms with Gasteiger partial charge in [-0.25, -0.2) is 0 Å². The van der Waals surface area contributed by atoms with E-state index in [9.17, 15) is 4.79 Å². The van der Waals surface area contributed by atoms with Crippen molar-refractivity contribution in [2.24, 2.45) is 17.8 Å². The van der Waals surface area contributed by atoms with E-state index in [2.05, 4.69) is 17.6 Å². The molecule has 1 aliphatic heterocycles. The summed E-state index contributed by atoms with van der Waals surface area (Å²) in [6.07, 6.45) is 7.46. The molecule has 1 saturated carbocycles. The van der Waals surface area contributed by atoms with Crippen molar-refractivity contribution in [1.29, 1.82) is 0 Å². The van der Waals surface area contributed by atoms with E-state index in [1.165, 1.54) is 25.7 Å². The molecule has 2 N–H and O–H groups in total. The molecular weight excluding hydrogens is 248 g/mol. The fourth-order valence-electron chi connectivity index (χ4n) is 3.00. The number of halogens is 1. The molecule has 2 fully saturated rings. The third kappa shape index (κ3) is 4.77. The van der Waals surface area contributed by atoms with E-state index in [1.54, 1.807) is 0 Å². The average molecular weight is 275 g/mol. The van der Waals surface area contributed by atoms with Gasteiger partial charge in [0.05, 0.1) is 5.92 Å². The molecule has 18 heavy (non-hydrogen) atoms. The van der Waals surface area contributed by atoms with Crippen LogP contribution in [0.1, 0.15) is 45.4 Å². The third-order valence-corrected chi connectivity index (χ3v) is 4.37. The second-order valence-electron chi connectivity index (χ2n) is 5.91. The summed E-state index contributed by atoms with van der Waals surface area (Å²) in [6, 6.07) is 0. The predicted octanol–water partition coefficient (Wildman–Crippen LogP) is 2.35. The molecule has 2 aliphatic rings. The van der Waals surface area contributed by atoms with Gasteiger partial charge in [-0.3, -0.25) is 4.79 Å². The van der Waals surface area contributed by atoms with Crippen LogP contribution in [0, 0.1) is 17.8 Å². The molecule has 0 bridgehead atoms. The van der Waals surface area contributed by atoms with Gasteiger partial charge in [-0.1, -0.05) is 19.8 Å². The predicted molar refractivity (Wildman–Crippen MR) is 77.0 cm³/mol. The van der Waals surface area contributed by atoms with Gasteiger partial charge >= 0.3 is 0 Å². The highest BCUT2D eigenvalue weighted by Crippen LogP contribution is 2.27. The zero-order valence-corrected chi connectivity index (χ0v) is 12.2. The Kier molecular flexibility index (Phi) is 7.02. The number of hydrogen-bond donors (Lipinski definition) is 2. The minimum Gasteiger partial charge on any atom is -0.356 e. The second-order valence-corrected chi connectivity index (χ2v) is 5.91. The highest BCUT2D eigenvalue weighted by atomic mass is 35.5. The Balaban J connectivity index is 0.00000162. The summed E-state index contributed by atoms with van der Waals surface area (Å²) in [4.78, 5) is 12.0. The lowest BCUT2D eigenvalue weighted by atomic mass is 9.83. The molecule has 0 aromatic rings. The van der Waals surface area contributed by atoms with E-state index in [-0.39, 0.29) is 24.2 Å². The Morgan fingerprint density at radius 3 is 2.56 bits per heavy atom. The Labute approximate surface area is 117 Å². The smallest absolute Gasteiger partial charge is 0.224 e. The maximum Gasteiger partial charge on any atom is 0.224 e. The normalized spacial score (nSPS) is 32.4. The van der Waals surface area contributed by atoms with Gasteiger partial charge in [-0.15, -0.1) is 12.4 Å². The van der Waals surface area contributed by atoms with Crippen LogP contribution >= 0.6 is 12.4 Å². The minimum absolute atomic E-state index is 0. The van der Waals surface area contributed by atoms with Crippen LogP contribution in [0.5, 0.6) is 0 Å². The van der Waals surface area contributed by atoms with Crippen LogP contribution in [0.15, 0.2) is 0 Å². The molecule has 0 aromatic carbocycles. The number of piperidine rings is 1. The summed E-state index contributed by atoms with van der Waals surface area (Å²) in [5.74, 6) is 2.11. The van der Waals surface area contributed by atoms with Crippen LogP contribution in [0.3, 0.4) is 0 Å². The minimum atomic E-state index is 0. The topological polar surface area (TPSA) is 41.1 Å². The van der Waals surface area contributed by atoms with E-state index in [1.807, 2.05) is 0 Å². The van der Waals surface area contributed by atoms with Gasteiger partial charge in [-0.05, 0) is 44.1 Å². The first-order chi connectivity index (χ1) is 8.25. The van der Waals surface area contributed by atoms with Gasteiger partial charge in [0.15, 0.2) is 0 Å². The summed E-state index contributed by atoms with van der Waals surface area (Å²) >= 11 is 0. The van der Waals surface area contributed by atoms with Crippen molar-refractivity contribution >= 4 is 18.3 Å². The second kappa shape index (κ2) is 8.00. The average Bonchev–Trinajstić information content (AvgIpc) is 2.39. The number of rotatable bonds is 3. The van der Waals surface area contributed by atoms with Crippen molar-refractivity contribution in [2.45, 2.75) is 45.4 Å². The summed E-state index contributed by atoms with van der Waals surface area (Å²) in [6.45, 7) is 5.18. The highest BCUT2D eigenvalue weighted by Gasteiger charge is 2.23. The number of nitrogens with one attached hydrogen (secondary N) is 2. The molecule has 1 atom stereocenters. The van der Waals surface area contributed by atoms with Crippen molar-refractivity contribution < 1.29 is 4.79 Å². The van der Waals surface area contributed by atoms with Crippen molar-refractivity contribution in [1.82, 2.24) is 10.6 Å². The van der Waals surface area contributed by atoms with Crippen molar-refractivity contribution in [2.75, 3.05) is 19.6 Å². The molecule has 1 amide bonds. The van der Waals surface area contributed by atoms with E-state index in [0.29, 0.717) is 0 Å². The summed E-state index contributed by atoms with van der Waals surface area (Å²) in [5.41, 5.74) is 0. The van der Waals surface area contributed by atoms with Gasteiger partial charge in [0.1, 0.15) is 0 Å². The molecule has 0 aromatic heterocycles. The lowest BCUT2D eigenvalue weighted by Crippen LogP contribution is -2.42. The van der Waals surface area contributed by atoms with Crippen LogP contribution in [-0.4, -0.2) is 25.5 Å². The molecule has 3 nitrogen and oxygen atoms in total. The van der Waals surface area contributed by atoms with Crippen LogP contribution in [-0.2, 0) is 4.79 Å². The lowest BCUT2D eigenvalue weighted by molar-refractivity contribution is -0.125. The third-order valence-electron chi connectivity index (χ3n) is 4.37. The van der Waals surface area contributed by atoms with E-state index in [0.717, 1.165) is 44.3 Å². The fourth-order valence-corrected chi connectivity index (χ4v) is 3.00. The Bertz CT molecular complexity index is 246. The largest absolute Gasteiger partial charge is 0.356 e. The quantitative estimate of drug-likeness (QED) is 0.830. The van der Waals surface area contributed by atoms with Crippen LogP contribution in [0.4, 0.5) is 0 Å². The first kappa shape index (κ1) is 15.8. The monoisotopic (exact) mass is 274 g/mol. The molecule has 1 heterocycles. The summed E-state index contributed by atoms with van der Waals surface area (Å²) in [5, 5.41) is 6.46. The number of hydrogen-bond acceptors (Lipinski definition) is 2. The summed E-state index contributed by atoms with van der Waals surface area (Å²) in [7, 11) is 0. The first-order valence-corrected chi connectivity index (χ1v) is 7.24. The standard InChI is InChI=1S/C14H26N2O.ClH/c1-11-4-6-12(7-5-11)9-16-14(17)13-3-2-8-15-10-13;/h11-13,15H,2-10H2,1H3,(H,16,17);1H. The zero-order valence-electron chi connectivity index (χ0n) is 11.4. The van der Waals surface area contributed by atoms with Crippen LogP contribution in [0.2, 0.25) is 0 Å². The van der Waals surface area contributed by atoms with Crippen LogP contribution in [0.25, 0.3) is 0 Å². The van der Waals surface area contributed by atoms with Crippen LogP contribution < -0.4 is 10.6 Å². The van der Waals surface area contributed by atoms with E-state index >= 15 is 0 Å². The molecule has 106 valence electrons. The number of carbonyl (C=O) groups is 1. The fraction of sp³-hybridized carbons (Fsp3) is 0.929. The summed E-state index contributed by atoms with van der Waals surface area (Å²) < 4.78 is 0. The molecule has 0 radical (unpaired) electrons. The van der Waals surface area contributed by atoms with Crippen molar-refractivity contribution in [3.05, 3.63) is 0 Å². The maximum atomic E-state index is 12.0. The molecule has 1 unspecified atom stereocenters. The van der Waals surface area contributed by atoms with Gasteiger partial charge in [0.2, 0.25) is 5.91 Å². The van der Waals surface area contributed by atoms with Gasteiger partial charge < -0.3 is 10.6 Å². The SMILES string of the molecule is CC1CCC(CNC(=O)C2CCCNC2)CC1.Cl. The Morgan fingerprint density at radius 2 is 1.94 bits per heavy atom. The molecular formula is C14H27ClN2O. The molecule has 2 rings (SSSR count). The zero-order chi connectivity index (χ0) is 12.1. The lowest BCUT2D eigenvalue weighted by Gasteiger charge is -2.27. The van der Waals surface area contributed by atoms with Crippen molar-refractivity contribution in [3.8, 4) is 0 Å². The number of carbonyl (C=O) groups excluding carboxylic acids is 1. The van der Waals surface area contributed by atoms with Gasteiger partial charge in [0.25, 0.3) is 0 Å². The molecule has 1 saturated heterocycles. The molecule has 1 aliphatic carbocycles. The highest BCUT2D eigenvalue weighted by molar-refractivity contribution is 5.85. The first-order valence-electron chi connectivity index (χ1n) is 7.24. The molecule has 4 heteroatoms. The Morgan fingerprint density at radius 1 is 1.22 bits per heavy atom. The Hall–Kier alpha value is -0.280. The number of amides is 1. The van der Waals surface area contributed by atoms with E-state index in [4.69, 9.17) is 0 Å². The molecule has 0 spiro atoms. The maximum absolute atomic E-state index is 12.0.